The average molecular weight is 468 g/mol. The van der Waals surface area contributed by atoms with E-state index >= 15 is 0 Å². The molecular formula is C20H31F3N2O7. The molecule has 9 nitrogen and oxygen atoms in total. The van der Waals surface area contributed by atoms with Gasteiger partial charge in [-0.1, -0.05) is 0 Å². The van der Waals surface area contributed by atoms with Crippen molar-refractivity contribution in [2.45, 2.75) is 96.3 Å². The van der Waals surface area contributed by atoms with Crippen LogP contribution in [0.3, 0.4) is 0 Å². The molecular weight excluding hydrogens is 437 g/mol. The number of hydrogen-bond donors (Lipinski definition) is 1. The van der Waals surface area contributed by atoms with Crippen LogP contribution in [0.4, 0.5) is 18.0 Å². The molecule has 1 unspecified atom stereocenters. The van der Waals surface area contributed by atoms with Crippen LogP contribution in [0.15, 0.2) is 0 Å². The fourth-order valence-corrected chi connectivity index (χ4v) is 3.25. The number of alkyl halides is 3. The van der Waals surface area contributed by atoms with Gasteiger partial charge in [0.15, 0.2) is 0 Å². The molecule has 1 rings (SSSR count). The highest BCUT2D eigenvalue weighted by Gasteiger charge is 2.52. The molecule has 2 amide bonds. The molecule has 32 heavy (non-hydrogen) atoms. The minimum absolute atomic E-state index is 0.0186. The molecule has 0 saturated carbocycles. The van der Waals surface area contributed by atoms with Crippen LogP contribution in [0, 0.1) is 0 Å². The van der Waals surface area contributed by atoms with E-state index in [2.05, 4.69) is 10.1 Å². The molecule has 0 aromatic heterocycles. The second kappa shape index (κ2) is 9.95. The Kier molecular flexibility index (Phi) is 8.55. The number of rotatable bonds is 5. The summed E-state index contributed by atoms with van der Waals surface area (Å²) in [5.41, 5.74) is -1.87. The molecule has 1 heterocycles. The van der Waals surface area contributed by atoms with Crippen molar-refractivity contribution in [1.82, 2.24) is 10.2 Å². The SMILES string of the molecule is COC(=O)C(C[C@H]1CC[C@@H](C(=O)OC(C)(C)C)N1C(=O)C(F)(F)F)NC(=O)OC(C)(C)C. The summed E-state index contributed by atoms with van der Waals surface area (Å²) in [7, 11) is 1.04. The number of amides is 2. The maximum atomic E-state index is 13.3. The molecule has 1 saturated heterocycles. The molecule has 3 atom stereocenters. The lowest BCUT2D eigenvalue weighted by molar-refractivity contribution is -0.192. The molecule has 0 aromatic rings. The van der Waals surface area contributed by atoms with Gasteiger partial charge in [0.2, 0.25) is 0 Å². The van der Waals surface area contributed by atoms with E-state index < -0.39 is 65.9 Å². The Balaban J connectivity index is 3.16. The van der Waals surface area contributed by atoms with E-state index in [4.69, 9.17) is 9.47 Å². The zero-order valence-corrected chi connectivity index (χ0v) is 19.3. The van der Waals surface area contributed by atoms with Crippen molar-refractivity contribution in [3.05, 3.63) is 0 Å². The summed E-state index contributed by atoms with van der Waals surface area (Å²) in [5.74, 6) is -4.14. The van der Waals surface area contributed by atoms with E-state index in [9.17, 15) is 32.3 Å². The predicted octanol–water partition coefficient (Wildman–Crippen LogP) is 2.71. The molecule has 184 valence electrons. The quantitative estimate of drug-likeness (QED) is 0.488. The van der Waals surface area contributed by atoms with Gasteiger partial charge < -0.3 is 24.4 Å². The number of hydrogen-bond acceptors (Lipinski definition) is 7. The highest BCUT2D eigenvalue weighted by atomic mass is 19.4. The lowest BCUT2D eigenvalue weighted by Crippen LogP contribution is -2.54. The Morgan fingerprint density at radius 1 is 0.969 bits per heavy atom. The van der Waals surface area contributed by atoms with Gasteiger partial charge >= 0.3 is 30.1 Å². The maximum Gasteiger partial charge on any atom is 0.471 e. The molecule has 0 aromatic carbocycles. The van der Waals surface area contributed by atoms with Gasteiger partial charge in [-0.2, -0.15) is 13.2 Å². The standard InChI is InChI=1S/C20H31F3N2O7/c1-18(2,3)31-15(27)13-9-8-11(25(13)16(28)20(21,22)23)10-12(14(26)30-7)24-17(29)32-19(4,5)6/h11-13H,8-10H2,1-7H3,(H,24,29)/t11-,12?,13+/m1/s1. The summed E-state index contributed by atoms with van der Waals surface area (Å²) in [6.45, 7) is 9.41. The van der Waals surface area contributed by atoms with Gasteiger partial charge in [0.1, 0.15) is 23.3 Å². The molecule has 0 aliphatic carbocycles. The van der Waals surface area contributed by atoms with Crippen LogP contribution in [0.25, 0.3) is 0 Å². The van der Waals surface area contributed by atoms with Crippen LogP contribution in [0.1, 0.15) is 60.8 Å². The summed E-state index contributed by atoms with van der Waals surface area (Å²) in [6.07, 6.45) is -6.75. The van der Waals surface area contributed by atoms with Gasteiger partial charge in [-0.25, -0.2) is 14.4 Å². The summed E-state index contributed by atoms with van der Waals surface area (Å²) < 4.78 is 54.7. The van der Waals surface area contributed by atoms with E-state index in [1.165, 1.54) is 0 Å². The highest BCUT2D eigenvalue weighted by molar-refractivity contribution is 5.89. The zero-order chi connectivity index (χ0) is 25.1. The first kappa shape index (κ1) is 27.5. The first-order valence-corrected chi connectivity index (χ1v) is 10.1. The van der Waals surface area contributed by atoms with E-state index in [-0.39, 0.29) is 12.8 Å². The number of ether oxygens (including phenoxy) is 3. The molecule has 12 heteroatoms. The lowest BCUT2D eigenvalue weighted by Gasteiger charge is -2.33. The van der Waals surface area contributed by atoms with Crippen molar-refractivity contribution in [2.24, 2.45) is 0 Å². The van der Waals surface area contributed by atoms with Crippen LogP contribution >= 0.6 is 0 Å². The third-order valence-electron chi connectivity index (χ3n) is 4.34. The van der Waals surface area contributed by atoms with Crippen molar-refractivity contribution in [3.8, 4) is 0 Å². The van der Waals surface area contributed by atoms with Gasteiger partial charge in [-0.15, -0.1) is 0 Å². The van der Waals surface area contributed by atoms with Gasteiger partial charge in [-0.3, -0.25) is 4.79 Å². The zero-order valence-electron chi connectivity index (χ0n) is 19.3. The summed E-state index contributed by atoms with van der Waals surface area (Å²) in [4.78, 5) is 49.3. The van der Waals surface area contributed by atoms with Gasteiger partial charge in [0.05, 0.1) is 7.11 Å². The van der Waals surface area contributed by atoms with Crippen molar-refractivity contribution >= 4 is 23.9 Å². The number of halogens is 3. The van der Waals surface area contributed by atoms with Crippen molar-refractivity contribution < 1.29 is 46.6 Å². The van der Waals surface area contributed by atoms with Crippen LogP contribution in [0.2, 0.25) is 0 Å². The molecule has 1 N–H and O–H groups in total. The smallest absolute Gasteiger partial charge is 0.467 e. The normalized spacial score (nSPS) is 20.4. The van der Waals surface area contributed by atoms with Gasteiger partial charge in [0, 0.05) is 6.04 Å². The number of alkyl carbamates (subject to hydrolysis) is 1. The van der Waals surface area contributed by atoms with E-state index in [0.717, 1.165) is 7.11 Å². The van der Waals surface area contributed by atoms with Gasteiger partial charge in [-0.05, 0) is 60.8 Å². The maximum absolute atomic E-state index is 13.3. The van der Waals surface area contributed by atoms with Crippen molar-refractivity contribution in [3.63, 3.8) is 0 Å². The summed E-state index contributed by atoms with van der Waals surface area (Å²) >= 11 is 0. The molecule has 0 radical (unpaired) electrons. The molecule has 1 aliphatic rings. The average Bonchev–Trinajstić information content (AvgIpc) is 2.99. The number of nitrogens with zero attached hydrogens (tertiary/aromatic N) is 1. The number of methoxy groups -OCH3 is 1. The van der Waals surface area contributed by atoms with Crippen molar-refractivity contribution in [2.75, 3.05) is 7.11 Å². The Hall–Kier alpha value is -2.53. The monoisotopic (exact) mass is 468 g/mol. The minimum atomic E-state index is -5.25. The third-order valence-corrected chi connectivity index (χ3v) is 4.34. The second-order valence-corrected chi connectivity index (χ2v) is 9.45. The Morgan fingerprint density at radius 2 is 1.50 bits per heavy atom. The second-order valence-electron chi connectivity index (χ2n) is 9.45. The number of carbonyl (C=O) groups excluding carboxylic acids is 4. The fraction of sp³-hybridized carbons (Fsp3) is 0.800. The minimum Gasteiger partial charge on any atom is -0.467 e. The fourth-order valence-electron chi connectivity index (χ4n) is 3.25. The number of carbonyl (C=O) groups is 4. The number of esters is 2. The van der Waals surface area contributed by atoms with E-state index in [1.54, 1.807) is 41.5 Å². The molecule has 0 spiro atoms. The van der Waals surface area contributed by atoms with Crippen molar-refractivity contribution in [1.29, 1.82) is 0 Å². The lowest BCUT2D eigenvalue weighted by atomic mass is 10.0. The van der Waals surface area contributed by atoms with Crippen LogP contribution in [0.5, 0.6) is 0 Å². The molecule has 1 fully saturated rings. The Morgan fingerprint density at radius 3 is 1.94 bits per heavy atom. The largest absolute Gasteiger partial charge is 0.471 e. The van der Waals surface area contributed by atoms with E-state index in [0.29, 0.717) is 4.90 Å². The van der Waals surface area contributed by atoms with Crippen LogP contribution in [-0.2, 0) is 28.6 Å². The Bertz CT molecular complexity index is 726. The topological polar surface area (TPSA) is 111 Å². The van der Waals surface area contributed by atoms with Crippen LogP contribution < -0.4 is 5.32 Å². The van der Waals surface area contributed by atoms with Gasteiger partial charge in [0.25, 0.3) is 0 Å². The highest BCUT2D eigenvalue weighted by Crippen LogP contribution is 2.33. The molecule has 0 bridgehead atoms. The number of likely N-dealkylation sites (tertiary alicyclic amines) is 1. The van der Waals surface area contributed by atoms with Crippen LogP contribution in [-0.4, -0.2) is 71.5 Å². The Labute approximate surface area is 184 Å². The molecule has 1 aliphatic heterocycles. The van der Waals surface area contributed by atoms with E-state index in [1.807, 2.05) is 0 Å². The number of nitrogens with one attached hydrogen (secondary N) is 1. The first-order valence-electron chi connectivity index (χ1n) is 10.1. The third kappa shape index (κ3) is 8.19. The predicted molar refractivity (Wildman–Crippen MR) is 105 cm³/mol. The summed E-state index contributed by atoms with van der Waals surface area (Å²) in [6, 6.07) is -4.06. The first-order chi connectivity index (χ1) is 14.4. The summed E-state index contributed by atoms with van der Waals surface area (Å²) in [5, 5.41) is 2.26.